The fourth-order valence-electron chi connectivity index (χ4n) is 2.25. The molecule has 0 fully saturated rings. The van der Waals surface area contributed by atoms with E-state index >= 15 is 0 Å². The molecule has 0 aromatic heterocycles. The van der Waals surface area contributed by atoms with Gasteiger partial charge in [0.25, 0.3) is 5.91 Å². The maximum atomic E-state index is 13.1. The van der Waals surface area contributed by atoms with E-state index in [0.717, 1.165) is 17.7 Å². The minimum absolute atomic E-state index is 0.0701. The second-order valence-electron chi connectivity index (χ2n) is 5.26. The quantitative estimate of drug-likeness (QED) is 0.832. The lowest BCUT2D eigenvalue weighted by molar-refractivity contribution is -0.123. The van der Waals surface area contributed by atoms with E-state index in [2.05, 4.69) is 5.32 Å². The summed E-state index contributed by atoms with van der Waals surface area (Å²) in [4.78, 5) is 12.0. The number of nitrogens with one attached hydrogen (secondary N) is 1. The van der Waals surface area contributed by atoms with Crippen LogP contribution in [0.15, 0.2) is 36.4 Å². The van der Waals surface area contributed by atoms with Crippen LogP contribution in [0.2, 0.25) is 0 Å². The van der Waals surface area contributed by atoms with Crippen LogP contribution in [-0.2, 0) is 4.79 Å². The first-order valence-electron chi connectivity index (χ1n) is 7.53. The van der Waals surface area contributed by atoms with Gasteiger partial charge in [-0.2, -0.15) is 0 Å². The van der Waals surface area contributed by atoms with E-state index < -0.39 is 17.5 Å². The fraction of sp³-hybridized carbons (Fsp3) is 0.278. The van der Waals surface area contributed by atoms with E-state index in [9.17, 15) is 13.6 Å². The Kier molecular flexibility index (Phi) is 6.16. The number of amides is 1. The first-order chi connectivity index (χ1) is 11.9. The molecule has 0 spiro atoms. The molecular weight excluding hydrogens is 332 g/mol. The molecule has 2 aromatic carbocycles. The van der Waals surface area contributed by atoms with Gasteiger partial charge in [0.2, 0.25) is 0 Å². The lowest BCUT2D eigenvalue weighted by atomic mass is 10.1. The van der Waals surface area contributed by atoms with E-state index in [0.29, 0.717) is 11.5 Å². The lowest BCUT2D eigenvalue weighted by Crippen LogP contribution is -2.31. The van der Waals surface area contributed by atoms with Crippen molar-refractivity contribution in [2.75, 3.05) is 20.8 Å². The van der Waals surface area contributed by atoms with Gasteiger partial charge in [-0.3, -0.25) is 4.79 Å². The van der Waals surface area contributed by atoms with Crippen LogP contribution < -0.4 is 19.5 Å². The van der Waals surface area contributed by atoms with Crippen molar-refractivity contribution in [3.05, 3.63) is 53.6 Å². The normalized spacial score (nSPS) is 11.6. The van der Waals surface area contributed by atoms with Gasteiger partial charge < -0.3 is 19.5 Å². The molecule has 25 heavy (non-hydrogen) atoms. The van der Waals surface area contributed by atoms with Crippen molar-refractivity contribution in [2.45, 2.75) is 13.0 Å². The minimum atomic E-state index is -1.03. The van der Waals surface area contributed by atoms with Crippen molar-refractivity contribution >= 4 is 5.91 Å². The average Bonchev–Trinajstić information content (AvgIpc) is 2.62. The largest absolute Gasteiger partial charge is 0.497 e. The number of hydrogen-bond donors (Lipinski definition) is 1. The van der Waals surface area contributed by atoms with E-state index in [1.807, 2.05) is 0 Å². The molecule has 5 nitrogen and oxygen atoms in total. The Hall–Kier alpha value is -2.83. The standard InChI is InChI=1S/C18H19F2NO4/c1-11(14-8-12(23-2)5-7-17(14)24-3)21-18(22)10-25-13-4-6-15(19)16(20)9-13/h4-9,11H,10H2,1-3H3,(H,21,22). The van der Waals surface area contributed by atoms with Gasteiger partial charge in [-0.15, -0.1) is 0 Å². The van der Waals surface area contributed by atoms with Gasteiger partial charge in [0.15, 0.2) is 18.2 Å². The highest BCUT2D eigenvalue weighted by atomic mass is 19.2. The Labute approximate surface area is 144 Å². The maximum absolute atomic E-state index is 13.1. The summed E-state index contributed by atoms with van der Waals surface area (Å²) in [6, 6.07) is 7.97. The van der Waals surface area contributed by atoms with Crippen LogP contribution in [0.5, 0.6) is 17.2 Å². The molecule has 0 aliphatic heterocycles. The second-order valence-corrected chi connectivity index (χ2v) is 5.26. The second kappa shape index (κ2) is 8.32. The summed E-state index contributed by atoms with van der Waals surface area (Å²) in [6.45, 7) is 1.45. The zero-order valence-corrected chi connectivity index (χ0v) is 14.1. The maximum Gasteiger partial charge on any atom is 0.258 e. The molecule has 1 N–H and O–H groups in total. The summed E-state index contributed by atoms with van der Waals surface area (Å²) >= 11 is 0. The Bertz CT molecular complexity index is 752. The third-order valence-corrected chi connectivity index (χ3v) is 3.54. The smallest absolute Gasteiger partial charge is 0.258 e. The predicted molar refractivity (Wildman–Crippen MR) is 88.0 cm³/mol. The summed E-state index contributed by atoms with van der Waals surface area (Å²) in [5.41, 5.74) is 0.739. The number of carbonyl (C=O) groups is 1. The molecule has 1 amide bonds. The van der Waals surface area contributed by atoms with E-state index in [1.54, 1.807) is 32.2 Å². The van der Waals surface area contributed by atoms with Crippen LogP contribution >= 0.6 is 0 Å². The molecule has 0 radical (unpaired) electrons. The molecule has 2 aromatic rings. The Morgan fingerprint density at radius 2 is 1.76 bits per heavy atom. The Morgan fingerprint density at radius 3 is 2.40 bits per heavy atom. The topological polar surface area (TPSA) is 56.8 Å². The van der Waals surface area contributed by atoms with Crippen molar-refractivity contribution in [3.63, 3.8) is 0 Å². The van der Waals surface area contributed by atoms with Crippen molar-refractivity contribution < 1.29 is 27.8 Å². The van der Waals surface area contributed by atoms with Crippen molar-refractivity contribution in [3.8, 4) is 17.2 Å². The Balaban J connectivity index is 1.99. The molecule has 0 saturated heterocycles. The summed E-state index contributed by atoms with van der Waals surface area (Å²) in [5.74, 6) is -1.12. The van der Waals surface area contributed by atoms with Gasteiger partial charge >= 0.3 is 0 Å². The molecule has 1 unspecified atom stereocenters. The number of carbonyl (C=O) groups excluding carboxylic acids is 1. The summed E-state index contributed by atoms with van der Waals surface area (Å²) in [6.07, 6.45) is 0. The van der Waals surface area contributed by atoms with Crippen molar-refractivity contribution in [1.82, 2.24) is 5.32 Å². The zero-order chi connectivity index (χ0) is 18.4. The van der Waals surface area contributed by atoms with Gasteiger partial charge in [0, 0.05) is 11.6 Å². The van der Waals surface area contributed by atoms with Gasteiger partial charge in [0.05, 0.1) is 20.3 Å². The number of hydrogen-bond acceptors (Lipinski definition) is 4. The zero-order valence-electron chi connectivity index (χ0n) is 14.1. The van der Waals surface area contributed by atoms with E-state index in [1.165, 1.54) is 13.2 Å². The first kappa shape index (κ1) is 18.5. The molecule has 7 heteroatoms. The summed E-state index contributed by atoms with van der Waals surface area (Å²) in [5, 5.41) is 2.75. The highest BCUT2D eigenvalue weighted by molar-refractivity contribution is 5.78. The SMILES string of the molecule is COc1ccc(OC)c(C(C)NC(=O)COc2ccc(F)c(F)c2)c1. The average molecular weight is 351 g/mol. The van der Waals surface area contributed by atoms with Gasteiger partial charge in [-0.1, -0.05) is 0 Å². The van der Waals surface area contributed by atoms with Crippen LogP contribution in [0.25, 0.3) is 0 Å². The van der Waals surface area contributed by atoms with Crippen molar-refractivity contribution in [2.24, 2.45) is 0 Å². The monoisotopic (exact) mass is 351 g/mol. The van der Waals surface area contributed by atoms with Crippen LogP contribution in [0.1, 0.15) is 18.5 Å². The van der Waals surface area contributed by atoms with E-state index in [-0.39, 0.29) is 18.4 Å². The number of ether oxygens (including phenoxy) is 3. The molecular formula is C18H19F2NO4. The minimum Gasteiger partial charge on any atom is -0.497 e. The molecule has 0 aliphatic rings. The van der Waals surface area contributed by atoms with Crippen LogP contribution in [0.4, 0.5) is 8.78 Å². The van der Waals surface area contributed by atoms with Crippen molar-refractivity contribution in [1.29, 1.82) is 0 Å². The fourth-order valence-corrected chi connectivity index (χ4v) is 2.25. The van der Waals surface area contributed by atoms with Gasteiger partial charge in [-0.05, 0) is 37.3 Å². The third-order valence-electron chi connectivity index (χ3n) is 3.54. The Morgan fingerprint density at radius 1 is 1.04 bits per heavy atom. The van der Waals surface area contributed by atoms with E-state index in [4.69, 9.17) is 14.2 Å². The molecule has 0 aliphatic carbocycles. The van der Waals surface area contributed by atoms with Crippen LogP contribution in [-0.4, -0.2) is 26.7 Å². The predicted octanol–water partition coefficient (Wildman–Crippen LogP) is 3.24. The molecule has 0 saturated carbocycles. The number of methoxy groups -OCH3 is 2. The van der Waals surface area contributed by atoms with Gasteiger partial charge in [-0.25, -0.2) is 8.78 Å². The molecule has 0 bridgehead atoms. The number of rotatable bonds is 7. The third kappa shape index (κ3) is 4.82. The first-order valence-corrected chi connectivity index (χ1v) is 7.53. The van der Waals surface area contributed by atoms with Crippen LogP contribution in [0, 0.1) is 11.6 Å². The highest BCUT2D eigenvalue weighted by Crippen LogP contribution is 2.29. The van der Waals surface area contributed by atoms with Crippen LogP contribution in [0.3, 0.4) is 0 Å². The lowest BCUT2D eigenvalue weighted by Gasteiger charge is -2.18. The van der Waals surface area contributed by atoms with Gasteiger partial charge in [0.1, 0.15) is 17.2 Å². The molecule has 0 heterocycles. The number of halogens is 2. The molecule has 2 rings (SSSR count). The molecule has 134 valence electrons. The number of benzene rings is 2. The summed E-state index contributed by atoms with van der Waals surface area (Å²) < 4.78 is 41.6. The highest BCUT2D eigenvalue weighted by Gasteiger charge is 2.16. The summed E-state index contributed by atoms with van der Waals surface area (Å²) in [7, 11) is 3.08. The molecule has 1 atom stereocenters.